The van der Waals surface area contributed by atoms with Gasteiger partial charge in [0.15, 0.2) is 0 Å². The highest BCUT2D eigenvalue weighted by atomic mass is 19.4. The molecule has 0 spiro atoms. The summed E-state index contributed by atoms with van der Waals surface area (Å²) in [5, 5.41) is 33.4. The minimum absolute atomic E-state index is 0.169. The molecule has 23 heteroatoms. The van der Waals surface area contributed by atoms with Crippen molar-refractivity contribution in [3.8, 4) is 23.0 Å². The molecule has 6 atom stereocenters. The van der Waals surface area contributed by atoms with E-state index in [-0.39, 0.29) is 13.0 Å². The number of halogens is 5. The summed E-state index contributed by atoms with van der Waals surface area (Å²) in [6, 6.07) is 13.5. The van der Waals surface area contributed by atoms with Gasteiger partial charge in [0, 0.05) is 67.3 Å². The first-order valence-electron chi connectivity index (χ1n) is 24.4. The van der Waals surface area contributed by atoms with E-state index in [1.165, 1.54) is 11.2 Å². The molecule has 3 fully saturated rings. The van der Waals surface area contributed by atoms with E-state index in [9.17, 15) is 51.3 Å². The number of anilines is 1. The van der Waals surface area contributed by atoms with Gasteiger partial charge in [0.1, 0.15) is 17.9 Å². The number of alkyl halides is 5. The number of hydrogen-bond acceptors (Lipinski definition) is 12. The summed E-state index contributed by atoms with van der Waals surface area (Å²) in [7, 11) is 0.921. The van der Waals surface area contributed by atoms with E-state index in [1.807, 2.05) is 17.4 Å². The molecule has 2 aromatic carbocycles. The Hall–Kier alpha value is -6.87. The van der Waals surface area contributed by atoms with Crippen LogP contribution < -0.4 is 26.3 Å². The Labute approximate surface area is 431 Å². The predicted molar refractivity (Wildman–Crippen MR) is 265 cm³/mol. The van der Waals surface area contributed by atoms with Crippen molar-refractivity contribution in [2.75, 3.05) is 44.9 Å². The summed E-state index contributed by atoms with van der Waals surface area (Å²) in [6.45, 7) is 6.16. The predicted octanol–water partition coefficient (Wildman–Crippen LogP) is 5.71. The van der Waals surface area contributed by atoms with Crippen molar-refractivity contribution in [3.63, 3.8) is 0 Å². The van der Waals surface area contributed by atoms with Crippen molar-refractivity contribution in [1.29, 1.82) is 0 Å². The number of methoxy groups -OCH3 is 1. The van der Waals surface area contributed by atoms with E-state index < -0.39 is 78.3 Å². The molecule has 0 saturated carbocycles. The number of hydrogen-bond donors (Lipinski definition) is 6. The molecule has 7 rings (SSSR count). The lowest BCUT2D eigenvalue weighted by Gasteiger charge is -2.47. The topological polar surface area (TPSA) is 216 Å². The van der Waals surface area contributed by atoms with Crippen LogP contribution in [0.25, 0.3) is 11.1 Å². The van der Waals surface area contributed by atoms with Crippen LogP contribution in [-0.4, -0.2) is 147 Å². The summed E-state index contributed by atoms with van der Waals surface area (Å²) in [6.07, 6.45) is -3.25. The number of carbonyl (C=O) groups excluding carboxylic acids is 3. The molecule has 2 bridgehead atoms. The van der Waals surface area contributed by atoms with E-state index in [0.717, 1.165) is 72.1 Å². The monoisotopic (exact) mass is 1050 g/mol. The number of fused-ring (bicyclic) bond motifs is 2. The largest absolute Gasteiger partial charge is 0.465 e. The number of pyridine rings is 1. The number of aliphatic hydroxyl groups is 1. The standard InChI is InChI=1S/C52H63F5N10O8/c1-50(2,3)43(61-48(71)72)46(70)63-65(24-34-13-16-35(17-14-34)36-23-59-66(25-36)47(53)54)28-41(68)40(60-45(69)44(62-49(73)74-6)51(4,5)52(55,56)57)21-32-10-7-31(8-11-32)9-12-33-15-20-42(58-22-33)64-26-37-18-19-38(27-64)67(37)39-29-75-30-39/h7-8,10-11,13-17,20,22-23,25,37-41,43-44,47,61,68H,18-19,21,24,26-30H2,1-6H3,(H,60,69)(H,62,73)(H,63,70)(H,71,72). The Bertz CT molecular complexity index is 2670. The Morgan fingerprint density at radius 2 is 1.44 bits per heavy atom. The van der Waals surface area contributed by atoms with E-state index in [2.05, 4.69) is 47.5 Å². The summed E-state index contributed by atoms with van der Waals surface area (Å²) >= 11 is 0. The average molecular weight is 1050 g/mol. The molecule has 0 aliphatic carbocycles. The molecule has 0 radical (unpaired) electrons. The number of carbonyl (C=O) groups is 4. The number of alkyl carbamates (subject to hydrolysis) is 1. The molecule has 3 aliphatic rings. The van der Waals surface area contributed by atoms with Gasteiger partial charge in [-0.05, 0) is 79.5 Å². The number of aromatic nitrogens is 3. The van der Waals surface area contributed by atoms with E-state index in [4.69, 9.17) is 9.72 Å². The third-order valence-corrected chi connectivity index (χ3v) is 13.9. The molecule has 6 N–H and O–H groups in total. The minimum atomic E-state index is -5.02. The number of piperazine rings is 1. The lowest BCUT2D eigenvalue weighted by atomic mass is 9.82. The number of carboxylic acid groups (broad SMARTS) is 1. The molecule has 4 aromatic rings. The van der Waals surface area contributed by atoms with Gasteiger partial charge in [-0.3, -0.25) is 19.9 Å². The average Bonchev–Trinajstić information content (AvgIpc) is 3.92. The van der Waals surface area contributed by atoms with Gasteiger partial charge >= 0.3 is 24.9 Å². The van der Waals surface area contributed by atoms with Gasteiger partial charge in [-0.1, -0.05) is 69.0 Å². The maximum Gasteiger partial charge on any atom is 0.407 e. The molecule has 4 amide bonds. The third kappa shape index (κ3) is 13.9. The number of amides is 4. The smallest absolute Gasteiger partial charge is 0.407 e. The molecular formula is C52H63F5N10O8. The minimum Gasteiger partial charge on any atom is -0.465 e. The zero-order valence-corrected chi connectivity index (χ0v) is 42.4. The van der Waals surface area contributed by atoms with Crippen LogP contribution in [0.3, 0.4) is 0 Å². The van der Waals surface area contributed by atoms with Gasteiger partial charge in [0.05, 0.1) is 50.1 Å². The summed E-state index contributed by atoms with van der Waals surface area (Å²) in [5.74, 6) is 4.99. The lowest BCUT2D eigenvalue weighted by Crippen LogP contribution is -2.63. The van der Waals surface area contributed by atoms with Crippen molar-refractivity contribution < 1.29 is 60.8 Å². The maximum absolute atomic E-state index is 14.5. The van der Waals surface area contributed by atoms with Crippen LogP contribution in [0.4, 0.5) is 37.4 Å². The first-order chi connectivity index (χ1) is 35.4. The third-order valence-electron chi connectivity index (χ3n) is 13.9. The molecule has 5 heterocycles. The van der Waals surface area contributed by atoms with Gasteiger partial charge in [0.2, 0.25) is 5.91 Å². The molecule has 18 nitrogen and oxygen atoms in total. The molecule has 6 unspecified atom stereocenters. The first-order valence-corrected chi connectivity index (χ1v) is 24.4. The highest BCUT2D eigenvalue weighted by Crippen LogP contribution is 2.41. The second kappa shape index (κ2) is 23.3. The van der Waals surface area contributed by atoms with Gasteiger partial charge in [-0.2, -0.15) is 27.1 Å². The Morgan fingerprint density at radius 3 is 1.97 bits per heavy atom. The highest BCUT2D eigenvalue weighted by molar-refractivity contribution is 5.87. The molecule has 404 valence electrons. The van der Waals surface area contributed by atoms with Crippen LogP contribution in [0, 0.1) is 22.7 Å². The summed E-state index contributed by atoms with van der Waals surface area (Å²) in [4.78, 5) is 61.9. The van der Waals surface area contributed by atoms with Crippen molar-refractivity contribution >= 4 is 29.8 Å². The fourth-order valence-electron chi connectivity index (χ4n) is 9.49. The Kier molecular flexibility index (Phi) is 17.4. The van der Waals surface area contributed by atoms with Crippen molar-refractivity contribution in [1.82, 2.24) is 46.0 Å². The second-order valence-electron chi connectivity index (χ2n) is 20.7. The number of rotatable bonds is 18. The number of hydrazine groups is 1. The van der Waals surface area contributed by atoms with Gasteiger partial charge in [0.25, 0.3) is 5.91 Å². The molecule has 3 aliphatic heterocycles. The van der Waals surface area contributed by atoms with Crippen molar-refractivity contribution in [2.24, 2.45) is 10.8 Å². The van der Waals surface area contributed by atoms with Crippen molar-refractivity contribution in [2.45, 2.75) is 116 Å². The van der Waals surface area contributed by atoms with E-state index in [1.54, 1.807) is 75.5 Å². The molecule has 2 aromatic heterocycles. The van der Waals surface area contributed by atoms with Gasteiger partial charge in [-0.15, -0.1) is 0 Å². The molecular weight excluding hydrogens is 988 g/mol. The van der Waals surface area contributed by atoms with Crippen LogP contribution in [0.5, 0.6) is 0 Å². The van der Waals surface area contributed by atoms with Crippen LogP contribution in [0.15, 0.2) is 79.3 Å². The second-order valence-corrected chi connectivity index (χ2v) is 20.7. The first kappa shape index (κ1) is 55.9. The SMILES string of the molecule is COC(=O)NC(C(=O)NC(Cc1ccc(C#Cc2ccc(N3CC4CCC(C3)N4C3COC3)nc2)cc1)C(O)CN(Cc1ccc(-c2cnn(C(F)F)c2)cc1)NC(=O)C(NC(=O)O)C(C)(C)C)C(C)(C)C(F)(F)F. The number of ether oxygens (including phenoxy) is 2. The summed E-state index contributed by atoms with van der Waals surface area (Å²) < 4.78 is 80.6. The molecule has 75 heavy (non-hydrogen) atoms. The number of nitrogens with zero attached hydrogens (tertiary/aromatic N) is 6. The number of aliphatic hydroxyl groups excluding tert-OH is 1. The fraction of sp³-hybridized carbons (Fsp3) is 0.500. The molecule has 3 saturated heterocycles. The van der Waals surface area contributed by atoms with Crippen LogP contribution in [0.2, 0.25) is 0 Å². The van der Waals surface area contributed by atoms with Gasteiger partial charge < -0.3 is 40.5 Å². The zero-order valence-electron chi connectivity index (χ0n) is 42.4. The van der Waals surface area contributed by atoms with Gasteiger partial charge in [-0.25, -0.2) is 24.3 Å². The maximum atomic E-state index is 14.5. The zero-order chi connectivity index (χ0) is 54.4. The highest BCUT2D eigenvalue weighted by Gasteiger charge is 2.56. The Balaban J connectivity index is 1.12. The quantitative estimate of drug-likeness (QED) is 0.0401. The summed E-state index contributed by atoms with van der Waals surface area (Å²) in [5.41, 5.74) is 2.02. The van der Waals surface area contributed by atoms with E-state index in [0.29, 0.717) is 56.2 Å². The number of nitrogens with one attached hydrogen (secondary N) is 4. The van der Waals surface area contributed by atoms with Crippen molar-refractivity contribution in [3.05, 3.63) is 102 Å². The lowest BCUT2D eigenvalue weighted by molar-refractivity contribution is -0.220. The number of benzene rings is 2. The normalized spacial score (nSPS) is 18.8. The van der Waals surface area contributed by atoms with Crippen LogP contribution in [-0.2, 0) is 32.0 Å². The van der Waals surface area contributed by atoms with Crippen LogP contribution >= 0.6 is 0 Å². The van der Waals surface area contributed by atoms with Crippen LogP contribution in [0.1, 0.15) is 76.3 Å². The fourth-order valence-corrected chi connectivity index (χ4v) is 9.49. The van der Waals surface area contributed by atoms with E-state index >= 15 is 0 Å². The Morgan fingerprint density at radius 1 is 0.813 bits per heavy atom.